The number of anilines is 1. The fraction of sp³-hybridized carbons (Fsp3) is 0.409. The van der Waals surface area contributed by atoms with Gasteiger partial charge in [-0.2, -0.15) is 16.5 Å². The first-order valence-corrected chi connectivity index (χ1v) is 12.9. The molecule has 10 heteroatoms. The standard InChI is InChI=1S/C22H30N2O6S2/c1-16-5-8-18(9-6-16)32(26,27)24-19(11-14-31-4)22(25)23-17-7-10-20(29-3)21(15-17)30-13-12-28-2/h5-10,15,19,24H,11-14H2,1-4H3,(H,23,25). The number of carbonyl (C=O) groups excluding carboxylic acids is 1. The van der Waals surface area contributed by atoms with E-state index in [1.807, 2.05) is 13.2 Å². The van der Waals surface area contributed by atoms with E-state index in [-0.39, 0.29) is 4.90 Å². The predicted molar refractivity (Wildman–Crippen MR) is 127 cm³/mol. The summed E-state index contributed by atoms with van der Waals surface area (Å²) in [5.41, 5.74) is 1.41. The van der Waals surface area contributed by atoms with Gasteiger partial charge in [-0.1, -0.05) is 17.7 Å². The molecule has 176 valence electrons. The molecule has 0 heterocycles. The summed E-state index contributed by atoms with van der Waals surface area (Å²) < 4.78 is 44.1. The Morgan fingerprint density at radius 3 is 2.41 bits per heavy atom. The van der Waals surface area contributed by atoms with Crippen LogP contribution >= 0.6 is 11.8 Å². The molecule has 0 aliphatic heterocycles. The molecule has 0 radical (unpaired) electrons. The van der Waals surface area contributed by atoms with E-state index in [1.54, 1.807) is 37.4 Å². The van der Waals surface area contributed by atoms with Crippen LogP contribution in [0, 0.1) is 6.92 Å². The molecule has 0 aliphatic rings. The molecule has 1 atom stereocenters. The van der Waals surface area contributed by atoms with Crippen molar-refractivity contribution in [3.8, 4) is 11.5 Å². The van der Waals surface area contributed by atoms with Crippen molar-refractivity contribution in [1.82, 2.24) is 4.72 Å². The summed E-state index contributed by atoms with van der Waals surface area (Å²) >= 11 is 1.53. The summed E-state index contributed by atoms with van der Waals surface area (Å²) in [6, 6.07) is 10.5. The van der Waals surface area contributed by atoms with Gasteiger partial charge in [0.1, 0.15) is 12.6 Å². The minimum absolute atomic E-state index is 0.114. The topological polar surface area (TPSA) is 103 Å². The molecular weight excluding hydrogens is 452 g/mol. The summed E-state index contributed by atoms with van der Waals surface area (Å²) in [6.45, 7) is 2.59. The Morgan fingerprint density at radius 1 is 1.06 bits per heavy atom. The molecule has 0 saturated heterocycles. The lowest BCUT2D eigenvalue weighted by atomic mass is 10.2. The van der Waals surface area contributed by atoms with Crippen molar-refractivity contribution in [1.29, 1.82) is 0 Å². The highest BCUT2D eigenvalue weighted by molar-refractivity contribution is 7.98. The first-order chi connectivity index (χ1) is 15.3. The zero-order chi connectivity index (χ0) is 23.6. The van der Waals surface area contributed by atoms with Crippen LogP contribution in [0.2, 0.25) is 0 Å². The van der Waals surface area contributed by atoms with Crippen LogP contribution in [-0.4, -0.2) is 59.8 Å². The van der Waals surface area contributed by atoms with Gasteiger partial charge in [-0.3, -0.25) is 4.79 Å². The molecule has 0 aromatic heterocycles. The zero-order valence-corrected chi connectivity index (χ0v) is 20.3. The van der Waals surface area contributed by atoms with Crippen LogP contribution in [0.5, 0.6) is 11.5 Å². The molecule has 0 fully saturated rings. The molecule has 1 unspecified atom stereocenters. The number of carbonyl (C=O) groups is 1. The van der Waals surface area contributed by atoms with Crippen LogP contribution in [-0.2, 0) is 19.6 Å². The number of rotatable bonds is 13. The molecule has 0 bridgehead atoms. The average molecular weight is 483 g/mol. The zero-order valence-electron chi connectivity index (χ0n) is 18.7. The smallest absolute Gasteiger partial charge is 0.242 e. The maximum absolute atomic E-state index is 13.0. The van der Waals surface area contributed by atoms with Gasteiger partial charge in [0.2, 0.25) is 15.9 Å². The van der Waals surface area contributed by atoms with E-state index < -0.39 is 22.0 Å². The Balaban J connectivity index is 2.18. The van der Waals surface area contributed by atoms with Crippen LogP contribution in [0.15, 0.2) is 47.4 Å². The summed E-state index contributed by atoms with van der Waals surface area (Å²) in [5, 5.41) is 2.77. The molecule has 8 nitrogen and oxygen atoms in total. The van der Waals surface area contributed by atoms with Crippen LogP contribution < -0.4 is 19.5 Å². The summed E-state index contributed by atoms with van der Waals surface area (Å²) in [6.07, 6.45) is 2.24. The van der Waals surface area contributed by atoms with E-state index in [0.717, 1.165) is 5.56 Å². The number of nitrogens with one attached hydrogen (secondary N) is 2. The third kappa shape index (κ3) is 7.70. The molecular formula is C22H30N2O6S2. The Kier molecular flexibility index (Phi) is 10.3. The summed E-state index contributed by atoms with van der Waals surface area (Å²) in [5.74, 6) is 1.12. The quantitative estimate of drug-likeness (QED) is 0.423. The highest BCUT2D eigenvalue weighted by Gasteiger charge is 2.26. The molecule has 2 aromatic carbocycles. The Morgan fingerprint density at radius 2 is 1.78 bits per heavy atom. The van der Waals surface area contributed by atoms with Crippen molar-refractivity contribution in [3.63, 3.8) is 0 Å². The number of sulfonamides is 1. The lowest BCUT2D eigenvalue weighted by Gasteiger charge is -2.19. The number of hydrogen-bond donors (Lipinski definition) is 2. The van der Waals surface area contributed by atoms with Crippen molar-refractivity contribution in [2.24, 2.45) is 0 Å². The van der Waals surface area contributed by atoms with Gasteiger partial charge in [0.25, 0.3) is 0 Å². The molecule has 0 aliphatic carbocycles. The van der Waals surface area contributed by atoms with Crippen LogP contribution in [0.4, 0.5) is 5.69 Å². The number of hydrogen-bond acceptors (Lipinski definition) is 7. The minimum atomic E-state index is -3.86. The monoisotopic (exact) mass is 482 g/mol. The van der Waals surface area contributed by atoms with E-state index >= 15 is 0 Å². The Labute approximate surface area is 194 Å². The third-order valence-corrected chi connectivity index (χ3v) is 6.66. The fourth-order valence-corrected chi connectivity index (χ4v) is 4.48. The van der Waals surface area contributed by atoms with Gasteiger partial charge in [0.05, 0.1) is 18.6 Å². The van der Waals surface area contributed by atoms with Crippen LogP contribution in [0.1, 0.15) is 12.0 Å². The van der Waals surface area contributed by atoms with Crippen LogP contribution in [0.3, 0.4) is 0 Å². The van der Waals surface area contributed by atoms with E-state index in [4.69, 9.17) is 14.2 Å². The number of methoxy groups -OCH3 is 2. The van der Waals surface area contributed by atoms with E-state index in [2.05, 4.69) is 10.0 Å². The molecule has 0 spiro atoms. The third-order valence-electron chi connectivity index (χ3n) is 4.53. The summed E-state index contributed by atoms with van der Waals surface area (Å²) in [4.78, 5) is 13.1. The highest BCUT2D eigenvalue weighted by Crippen LogP contribution is 2.30. The molecule has 0 saturated carbocycles. The average Bonchev–Trinajstić information content (AvgIpc) is 2.77. The maximum atomic E-state index is 13.0. The van der Waals surface area contributed by atoms with Crippen LogP contribution in [0.25, 0.3) is 0 Å². The van der Waals surface area contributed by atoms with Gasteiger partial charge in [0.15, 0.2) is 11.5 Å². The van der Waals surface area contributed by atoms with Gasteiger partial charge in [0, 0.05) is 18.9 Å². The normalized spacial score (nSPS) is 12.2. The van der Waals surface area contributed by atoms with Gasteiger partial charge in [-0.15, -0.1) is 0 Å². The number of benzene rings is 2. The van der Waals surface area contributed by atoms with Gasteiger partial charge in [-0.25, -0.2) is 8.42 Å². The second kappa shape index (κ2) is 12.7. The lowest BCUT2D eigenvalue weighted by Crippen LogP contribution is -2.44. The van der Waals surface area contributed by atoms with Crippen molar-refractivity contribution >= 4 is 33.4 Å². The molecule has 2 rings (SSSR count). The second-order valence-electron chi connectivity index (χ2n) is 6.96. The number of thioether (sulfide) groups is 1. The van der Waals surface area contributed by atoms with Gasteiger partial charge < -0.3 is 19.5 Å². The summed E-state index contributed by atoms with van der Waals surface area (Å²) in [7, 11) is -0.760. The van der Waals surface area contributed by atoms with E-state index in [9.17, 15) is 13.2 Å². The first-order valence-electron chi connectivity index (χ1n) is 9.99. The van der Waals surface area contributed by atoms with Crippen molar-refractivity contribution in [2.75, 3.05) is 44.8 Å². The Hall–Kier alpha value is -2.27. The molecule has 1 amide bonds. The van der Waals surface area contributed by atoms with E-state index in [1.165, 1.54) is 31.0 Å². The number of ether oxygens (including phenoxy) is 3. The SMILES string of the molecule is COCCOc1cc(NC(=O)C(CCSC)NS(=O)(=O)c2ccc(C)cc2)ccc1OC. The fourth-order valence-electron chi connectivity index (χ4n) is 2.78. The number of aryl methyl sites for hydroxylation is 1. The maximum Gasteiger partial charge on any atom is 0.242 e. The predicted octanol–water partition coefficient (Wildman–Crippen LogP) is 3.07. The van der Waals surface area contributed by atoms with E-state index in [0.29, 0.717) is 42.6 Å². The first kappa shape index (κ1) is 26.0. The molecule has 2 N–H and O–H groups in total. The highest BCUT2D eigenvalue weighted by atomic mass is 32.2. The molecule has 2 aromatic rings. The second-order valence-corrected chi connectivity index (χ2v) is 9.66. The largest absolute Gasteiger partial charge is 0.493 e. The van der Waals surface area contributed by atoms with Gasteiger partial charge in [-0.05, 0) is 49.6 Å². The minimum Gasteiger partial charge on any atom is -0.493 e. The number of amides is 1. The van der Waals surface area contributed by atoms with Crippen molar-refractivity contribution < 1.29 is 27.4 Å². The Bertz CT molecular complexity index is 980. The van der Waals surface area contributed by atoms with Crippen molar-refractivity contribution in [2.45, 2.75) is 24.3 Å². The van der Waals surface area contributed by atoms with Gasteiger partial charge >= 0.3 is 0 Å². The molecule has 32 heavy (non-hydrogen) atoms. The van der Waals surface area contributed by atoms with Crippen molar-refractivity contribution in [3.05, 3.63) is 48.0 Å². The lowest BCUT2D eigenvalue weighted by molar-refractivity contribution is -0.117.